The molecule has 0 atom stereocenters. The molecular formula is C20H16N+. The third kappa shape index (κ3) is 1.82. The van der Waals surface area contributed by atoms with E-state index in [1.165, 1.54) is 27.6 Å². The van der Waals surface area contributed by atoms with Crippen molar-refractivity contribution in [1.29, 1.82) is 0 Å². The van der Waals surface area contributed by atoms with Crippen LogP contribution >= 0.6 is 0 Å². The molecule has 1 nitrogen and oxygen atoms in total. The second kappa shape index (κ2) is 4.42. The van der Waals surface area contributed by atoms with Crippen molar-refractivity contribution in [3.8, 4) is 11.3 Å². The summed E-state index contributed by atoms with van der Waals surface area (Å²) in [4.78, 5) is 0. The fraction of sp³-hybridized carbons (Fsp3) is 0.0500. The fourth-order valence-corrected chi connectivity index (χ4v) is 3.04. The molecule has 1 aliphatic rings. The van der Waals surface area contributed by atoms with E-state index in [1.807, 2.05) is 6.08 Å². The number of aromatic nitrogens is 1. The maximum Gasteiger partial charge on any atom is 0.213 e. The average molecular weight is 270 g/mol. The van der Waals surface area contributed by atoms with Crippen molar-refractivity contribution in [2.75, 3.05) is 0 Å². The lowest BCUT2D eigenvalue weighted by Crippen LogP contribution is -2.31. The Kier molecular flexibility index (Phi) is 2.55. The average Bonchev–Trinajstić information content (AvgIpc) is 2.88. The van der Waals surface area contributed by atoms with Crippen LogP contribution in [0, 0.1) is 0 Å². The Balaban J connectivity index is 1.95. The summed E-state index contributed by atoms with van der Waals surface area (Å²) in [5, 5.41) is 2.56. The lowest BCUT2D eigenvalue weighted by Gasteiger charge is -2.02. The minimum absolute atomic E-state index is 0.941. The molecule has 2 heterocycles. The van der Waals surface area contributed by atoms with E-state index in [2.05, 4.69) is 72.5 Å². The van der Waals surface area contributed by atoms with Crippen LogP contribution in [0.1, 0.15) is 11.1 Å². The molecular weight excluding hydrogens is 254 g/mol. The minimum Gasteiger partial charge on any atom is -0.193 e. The van der Waals surface area contributed by atoms with Crippen molar-refractivity contribution < 1.29 is 4.57 Å². The highest BCUT2D eigenvalue weighted by Crippen LogP contribution is 2.31. The predicted molar refractivity (Wildman–Crippen MR) is 87.9 cm³/mol. The number of hydrogen-bond acceptors (Lipinski definition) is 0. The van der Waals surface area contributed by atoms with Crippen LogP contribution in [-0.4, -0.2) is 0 Å². The largest absolute Gasteiger partial charge is 0.213 e. The molecule has 100 valence electrons. The number of hydrogen-bond donors (Lipinski definition) is 0. The molecule has 21 heavy (non-hydrogen) atoms. The molecule has 0 amide bonds. The summed E-state index contributed by atoms with van der Waals surface area (Å²) in [6.45, 7) is 8.80. The Morgan fingerprint density at radius 2 is 1.86 bits per heavy atom. The van der Waals surface area contributed by atoms with Crippen LogP contribution in [-0.2, 0) is 6.54 Å². The Morgan fingerprint density at radius 3 is 2.67 bits per heavy atom. The summed E-state index contributed by atoms with van der Waals surface area (Å²) in [5.41, 5.74) is 6.07. The van der Waals surface area contributed by atoms with E-state index in [4.69, 9.17) is 0 Å². The zero-order valence-electron chi connectivity index (χ0n) is 11.8. The molecule has 1 aromatic heterocycles. The number of fused-ring (bicyclic) bond motifs is 4. The van der Waals surface area contributed by atoms with E-state index in [0.717, 1.165) is 17.7 Å². The minimum atomic E-state index is 0.941. The molecule has 0 radical (unpaired) electrons. The van der Waals surface area contributed by atoms with Gasteiger partial charge in [-0.15, -0.1) is 0 Å². The van der Waals surface area contributed by atoms with Crippen molar-refractivity contribution in [3.63, 3.8) is 0 Å². The molecule has 0 spiro atoms. The molecule has 1 heteroatoms. The van der Waals surface area contributed by atoms with E-state index >= 15 is 0 Å². The van der Waals surface area contributed by atoms with Gasteiger partial charge in [0.25, 0.3) is 0 Å². The monoisotopic (exact) mass is 270 g/mol. The Hall–Kier alpha value is -2.67. The van der Waals surface area contributed by atoms with E-state index in [-0.39, 0.29) is 0 Å². The first kappa shape index (κ1) is 12.1. The number of benzene rings is 2. The Morgan fingerprint density at radius 1 is 1.05 bits per heavy atom. The van der Waals surface area contributed by atoms with E-state index in [9.17, 15) is 0 Å². The lowest BCUT2D eigenvalue weighted by atomic mass is 9.99. The van der Waals surface area contributed by atoms with Crippen LogP contribution in [0.5, 0.6) is 0 Å². The summed E-state index contributed by atoms with van der Waals surface area (Å²) in [6, 6.07) is 17.4. The van der Waals surface area contributed by atoms with Gasteiger partial charge in [-0.25, -0.2) is 0 Å². The number of allylic oxidation sites excluding steroid dienone is 2. The topological polar surface area (TPSA) is 3.88 Å². The molecule has 0 bridgehead atoms. The second-order valence-corrected chi connectivity index (χ2v) is 5.52. The second-order valence-electron chi connectivity index (χ2n) is 5.52. The molecule has 1 aliphatic heterocycles. The SMILES string of the molecule is C=CC(=C)c1ccc2c(c1)-c1cc3ccccc3c[n+]1C2. The third-order valence-electron chi connectivity index (χ3n) is 4.24. The van der Waals surface area contributed by atoms with Gasteiger partial charge in [-0.1, -0.05) is 49.6 Å². The number of pyridine rings is 1. The zero-order valence-corrected chi connectivity index (χ0v) is 11.8. The third-order valence-corrected chi connectivity index (χ3v) is 4.24. The van der Waals surface area contributed by atoms with Crippen molar-refractivity contribution in [2.24, 2.45) is 0 Å². The van der Waals surface area contributed by atoms with Crippen LogP contribution in [0.3, 0.4) is 0 Å². The van der Waals surface area contributed by atoms with Gasteiger partial charge in [0.05, 0.1) is 5.56 Å². The van der Waals surface area contributed by atoms with Gasteiger partial charge in [-0.05, 0) is 28.7 Å². The first-order valence-corrected chi connectivity index (χ1v) is 7.13. The van der Waals surface area contributed by atoms with Gasteiger partial charge in [0.15, 0.2) is 12.7 Å². The first-order chi connectivity index (χ1) is 10.3. The maximum absolute atomic E-state index is 4.05. The molecule has 0 N–H and O–H groups in total. The van der Waals surface area contributed by atoms with Gasteiger partial charge in [0, 0.05) is 17.0 Å². The predicted octanol–water partition coefficient (Wildman–Crippen LogP) is 4.36. The number of nitrogens with zero attached hydrogens (tertiary/aromatic N) is 1. The normalized spacial score (nSPS) is 12.0. The van der Waals surface area contributed by atoms with Gasteiger partial charge in [0.1, 0.15) is 0 Å². The van der Waals surface area contributed by atoms with Crippen molar-refractivity contribution in [1.82, 2.24) is 0 Å². The summed E-state index contributed by atoms with van der Waals surface area (Å²) in [6.07, 6.45) is 4.05. The lowest BCUT2D eigenvalue weighted by molar-refractivity contribution is -0.670. The van der Waals surface area contributed by atoms with Gasteiger partial charge < -0.3 is 0 Å². The smallest absolute Gasteiger partial charge is 0.193 e. The highest BCUT2D eigenvalue weighted by atomic mass is 15.0. The van der Waals surface area contributed by atoms with Crippen LogP contribution in [0.4, 0.5) is 0 Å². The standard InChI is InChI=1S/C20H16N/c1-3-14(2)15-8-9-18-13-21-12-17-7-5-4-6-16(17)11-20(21)19(18)10-15/h3-12H,1-2,13H2/q+1. The molecule has 4 rings (SSSR count). The van der Waals surface area contributed by atoms with Gasteiger partial charge in [-0.3, -0.25) is 0 Å². The fourth-order valence-electron chi connectivity index (χ4n) is 3.04. The summed E-state index contributed by atoms with van der Waals surface area (Å²) in [5.74, 6) is 0. The molecule has 0 aliphatic carbocycles. The van der Waals surface area contributed by atoms with Crippen LogP contribution in [0.15, 0.2) is 74.0 Å². The van der Waals surface area contributed by atoms with Gasteiger partial charge in [0.2, 0.25) is 5.69 Å². The van der Waals surface area contributed by atoms with E-state index < -0.39 is 0 Å². The van der Waals surface area contributed by atoms with E-state index in [0.29, 0.717) is 0 Å². The molecule has 3 aromatic rings. The summed E-state index contributed by atoms with van der Waals surface area (Å²) >= 11 is 0. The van der Waals surface area contributed by atoms with E-state index in [1.54, 1.807) is 0 Å². The highest BCUT2D eigenvalue weighted by Gasteiger charge is 2.26. The van der Waals surface area contributed by atoms with Crippen LogP contribution in [0.25, 0.3) is 27.6 Å². The van der Waals surface area contributed by atoms with Gasteiger partial charge in [-0.2, -0.15) is 4.57 Å². The molecule has 0 saturated carbocycles. The number of rotatable bonds is 2. The van der Waals surface area contributed by atoms with Crippen LogP contribution < -0.4 is 4.57 Å². The highest BCUT2D eigenvalue weighted by molar-refractivity contribution is 5.85. The van der Waals surface area contributed by atoms with Crippen molar-refractivity contribution >= 4 is 16.3 Å². The van der Waals surface area contributed by atoms with Crippen LogP contribution in [0.2, 0.25) is 0 Å². The maximum atomic E-state index is 4.05. The molecule has 2 aromatic carbocycles. The molecule has 0 fully saturated rings. The summed E-state index contributed by atoms with van der Waals surface area (Å²) in [7, 11) is 0. The quantitative estimate of drug-likeness (QED) is 0.376. The zero-order chi connectivity index (χ0) is 14.4. The van der Waals surface area contributed by atoms with Crippen molar-refractivity contribution in [3.05, 3.63) is 85.1 Å². The van der Waals surface area contributed by atoms with Crippen molar-refractivity contribution in [2.45, 2.75) is 6.54 Å². The Bertz CT molecular complexity index is 903. The first-order valence-electron chi connectivity index (χ1n) is 7.13. The Labute approximate surface area is 124 Å². The summed E-state index contributed by atoms with van der Waals surface area (Å²) < 4.78 is 2.33. The molecule has 0 unspecified atom stereocenters. The van der Waals surface area contributed by atoms with Gasteiger partial charge >= 0.3 is 0 Å². The molecule has 0 saturated heterocycles.